The average molecular weight is 614 g/mol. The fourth-order valence-corrected chi connectivity index (χ4v) is 4.79. The largest absolute Gasteiger partial charge is 0.505 e. The highest BCUT2D eigenvalue weighted by atomic mass is 19.2. The number of carbonyl (C=O) groups excluding carboxylic acids is 4. The molecule has 6 atom stereocenters. The summed E-state index contributed by atoms with van der Waals surface area (Å²) in [6, 6.07) is -3.38. The van der Waals surface area contributed by atoms with Crippen molar-refractivity contribution in [2.45, 2.75) is 63.4 Å². The molecule has 2 heterocycles. The monoisotopic (exact) mass is 613 g/mol. The number of hydrogen-bond acceptors (Lipinski definition) is 7. The van der Waals surface area contributed by atoms with E-state index in [1.807, 2.05) is 0 Å². The zero-order valence-corrected chi connectivity index (χ0v) is 22.8. The second kappa shape index (κ2) is 12.5. The first-order valence-corrected chi connectivity index (χ1v) is 13.3. The van der Waals surface area contributed by atoms with Gasteiger partial charge in [-0.25, -0.2) is 26.9 Å². The van der Waals surface area contributed by atoms with E-state index in [4.69, 9.17) is 0 Å². The summed E-state index contributed by atoms with van der Waals surface area (Å²) >= 11 is 0. The lowest BCUT2D eigenvalue weighted by atomic mass is 9.90. The van der Waals surface area contributed by atoms with Gasteiger partial charge >= 0.3 is 0 Å². The Morgan fingerprint density at radius 2 is 1.53 bits per heavy atom. The van der Waals surface area contributed by atoms with Gasteiger partial charge in [-0.05, 0) is 37.8 Å². The number of pyridine rings is 1. The van der Waals surface area contributed by atoms with Crippen LogP contribution in [0.3, 0.4) is 0 Å². The van der Waals surface area contributed by atoms with E-state index in [0.717, 1.165) is 6.07 Å². The third kappa shape index (κ3) is 6.53. The minimum Gasteiger partial charge on any atom is -0.505 e. The highest BCUT2D eigenvalue weighted by Crippen LogP contribution is 2.33. The number of halogens is 5. The topological polar surface area (TPSA) is 170 Å². The normalized spacial score (nSPS) is 26.8. The maximum absolute atomic E-state index is 14.6. The predicted molar refractivity (Wildman–Crippen MR) is 136 cm³/mol. The molecule has 1 unspecified atom stereocenters. The number of benzene rings is 1. The van der Waals surface area contributed by atoms with E-state index >= 15 is 0 Å². The van der Waals surface area contributed by atoms with Gasteiger partial charge in [0.25, 0.3) is 5.91 Å². The fraction of sp³-hybridized carbons (Fsp3) is 0.444. The lowest BCUT2D eigenvalue weighted by Crippen LogP contribution is -2.64. The lowest BCUT2D eigenvalue weighted by molar-refractivity contribution is -0.136. The van der Waals surface area contributed by atoms with Gasteiger partial charge < -0.3 is 31.5 Å². The molecule has 1 saturated carbocycles. The zero-order valence-electron chi connectivity index (χ0n) is 22.8. The van der Waals surface area contributed by atoms with Crippen molar-refractivity contribution in [2.75, 3.05) is 0 Å². The Balaban J connectivity index is 1.75. The Morgan fingerprint density at radius 3 is 2.12 bits per heavy atom. The molecule has 0 radical (unpaired) electrons. The second-order valence-corrected chi connectivity index (χ2v) is 10.6. The van der Waals surface area contributed by atoms with Crippen LogP contribution in [-0.2, 0) is 20.8 Å². The molecule has 1 aliphatic carbocycles. The van der Waals surface area contributed by atoms with Crippen LogP contribution in [0.5, 0.6) is 5.75 Å². The quantitative estimate of drug-likeness (QED) is 0.164. The van der Waals surface area contributed by atoms with E-state index in [0.29, 0.717) is 12.8 Å². The number of aromatic nitrogens is 1. The smallest absolute Gasteiger partial charge is 0.274 e. The first-order valence-electron chi connectivity index (χ1n) is 13.3. The van der Waals surface area contributed by atoms with Crippen molar-refractivity contribution in [1.82, 2.24) is 26.3 Å². The Hall–Kier alpha value is -4.34. The minimum atomic E-state index is -2.41. The highest BCUT2D eigenvalue weighted by molar-refractivity contribution is 5.98. The van der Waals surface area contributed by atoms with Crippen LogP contribution in [0.15, 0.2) is 18.3 Å². The molecule has 16 heteroatoms. The van der Waals surface area contributed by atoms with E-state index in [2.05, 4.69) is 26.3 Å². The summed E-state index contributed by atoms with van der Waals surface area (Å²) in [5.41, 5.74) is -1.86. The molecule has 43 heavy (non-hydrogen) atoms. The van der Waals surface area contributed by atoms with E-state index in [-0.39, 0.29) is 5.92 Å². The van der Waals surface area contributed by atoms with Crippen molar-refractivity contribution in [3.63, 3.8) is 0 Å². The lowest BCUT2D eigenvalue weighted by Gasteiger charge is -2.34. The fourth-order valence-electron chi connectivity index (χ4n) is 4.79. The number of hydrogen-bond donors (Lipinski definition) is 6. The van der Waals surface area contributed by atoms with Crippen LogP contribution in [0.4, 0.5) is 22.0 Å². The Labute approximate surface area is 241 Å². The van der Waals surface area contributed by atoms with Crippen LogP contribution in [0, 0.1) is 40.9 Å². The standard InChI is InChI=1S/C27H28F5N5O6/c1-9-23(39)13(8-12-15(28)17(30)19(32)18(31)16(12)29)35-25(41)20(36-27(43)22-14(38)4-3-7-33-22)10(2)34-26(42)21(11-5-6-11)37-24(9)40/h3-4,7,9-11,13,20-21,23,38-39H,5-6,8H2,1-2H3,(H,34,42)(H,35,41)(H,36,43)(H,37,40)/t9-,10-,13+,20+,21?,23+/m1/s1. The number of amides is 4. The summed E-state index contributed by atoms with van der Waals surface area (Å²) in [5, 5.41) is 30.7. The van der Waals surface area contributed by atoms with Gasteiger partial charge in [-0.2, -0.15) is 0 Å². The summed E-state index contributed by atoms with van der Waals surface area (Å²) in [7, 11) is 0. The number of aromatic hydroxyl groups is 1. The SMILES string of the molecule is C[C@H]1NC(=O)C(C2CC2)NC(=O)[C@H](C)[C@H](O)[C@H](Cc2c(F)c(F)c(F)c(F)c2F)NC(=O)[C@H]1NC(=O)c1ncccc1O. The molecular formula is C27H28F5N5O6. The van der Waals surface area contributed by atoms with Crippen molar-refractivity contribution >= 4 is 23.6 Å². The van der Waals surface area contributed by atoms with Gasteiger partial charge in [0.05, 0.1) is 24.1 Å². The average Bonchev–Trinajstić information content (AvgIpc) is 3.82. The molecular weight excluding hydrogens is 585 g/mol. The molecule has 4 rings (SSSR count). The molecule has 0 bridgehead atoms. The van der Waals surface area contributed by atoms with Crippen molar-refractivity contribution in [1.29, 1.82) is 0 Å². The predicted octanol–water partition coefficient (Wildman–Crippen LogP) is 0.719. The number of carbonyl (C=O) groups is 4. The molecule has 1 aromatic carbocycles. The van der Waals surface area contributed by atoms with Crippen molar-refractivity contribution < 1.29 is 51.3 Å². The van der Waals surface area contributed by atoms with Crippen molar-refractivity contribution in [2.24, 2.45) is 11.8 Å². The molecule has 1 aromatic heterocycles. The Morgan fingerprint density at radius 1 is 0.930 bits per heavy atom. The zero-order chi connectivity index (χ0) is 31.7. The molecule has 6 N–H and O–H groups in total. The third-order valence-electron chi connectivity index (χ3n) is 7.50. The maximum atomic E-state index is 14.6. The van der Waals surface area contributed by atoms with Crippen LogP contribution in [0.1, 0.15) is 42.7 Å². The van der Waals surface area contributed by atoms with Crippen LogP contribution < -0.4 is 21.3 Å². The first-order chi connectivity index (χ1) is 20.2. The summed E-state index contributed by atoms with van der Waals surface area (Å²) in [6.07, 6.45) is -0.808. The van der Waals surface area contributed by atoms with Gasteiger partial charge in [-0.15, -0.1) is 0 Å². The van der Waals surface area contributed by atoms with Gasteiger partial charge in [0, 0.05) is 18.2 Å². The molecule has 232 valence electrons. The summed E-state index contributed by atoms with van der Waals surface area (Å²) < 4.78 is 70.8. The van der Waals surface area contributed by atoms with E-state index in [1.165, 1.54) is 26.1 Å². The van der Waals surface area contributed by atoms with Crippen molar-refractivity contribution in [3.8, 4) is 5.75 Å². The number of nitrogens with zero attached hydrogens (tertiary/aromatic N) is 1. The molecule has 4 amide bonds. The molecule has 2 aromatic rings. The van der Waals surface area contributed by atoms with E-state index in [9.17, 15) is 51.3 Å². The summed E-state index contributed by atoms with van der Waals surface area (Å²) in [6.45, 7) is 2.49. The highest BCUT2D eigenvalue weighted by Gasteiger charge is 2.43. The summed E-state index contributed by atoms with van der Waals surface area (Å²) in [4.78, 5) is 56.4. The number of rotatable bonds is 5. The van der Waals surface area contributed by atoms with E-state index in [1.54, 1.807) is 0 Å². The molecule has 1 saturated heterocycles. The molecule has 0 spiro atoms. The van der Waals surface area contributed by atoms with Gasteiger partial charge in [0.1, 0.15) is 17.8 Å². The van der Waals surface area contributed by atoms with Crippen LogP contribution >= 0.6 is 0 Å². The maximum Gasteiger partial charge on any atom is 0.274 e. The second-order valence-electron chi connectivity index (χ2n) is 10.6. The van der Waals surface area contributed by atoms with E-state index < -0.39 is 112 Å². The van der Waals surface area contributed by atoms with Crippen molar-refractivity contribution in [3.05, 3.63) is 58.7 Å². The molecule has 2 fully saturated rings. The summed E-state index contributed by atoms with van der Waals surface area (Å²) in [5.74, 6) is -17.4. The van der Waals surface area contributed by atoms with Crippen LogP contribution in [0.2, 0.25) is 0 Å². The van der Waals surface area contributed by atoms with Gasteiger partial charge in [-0.3, -0.25) is 19.2 Å². The first kappa shape index (κ1) is 31.6. The van der Waals surface area contributed by atoms with Gasteiger partial charge in [-0.1, -0.05) is 6.92 Å². The van der Waals surface area contributed by atoms with Gasteiger partial charge in [0.15, 0.2) is 29.0 Å². The minimum absolute atomic E-state index is 0.278. The Bertz CT molecular complexity index is 1430. The molecule has 2 aliphatic rings. The van der Waals surface area contributed by atoms with Gasteiger partial charge in [0.2, 0.25) is 23.5 Å². The Kier molecular flexibility index (Phi) is 9.18. The number of aliphatic hydroxyl groups excluding tert-OH is 1. The van der Waals surface area contributed by atoms with Crippen LogP contribution in [-0.4, -0.2) is 69.1 Å². The van der Waals surface area contributed by atoms with Crippen LogP contribution in [0.25, 0.3) is 0 Å². The molecule has 11 nitrogen and oxygen atoms in total. The number of aliphatic hydroxyl groups is 1. The third-order valence-corrected chi connectivity index (χ3v) is 7.50. The number of nitrogens with one attached hydrogen (secondary N) is 4. The molecule has 1 aliphatic heterocycles.